The molecule has 0 aliphatic rings. The number of hydrogen-bond donors (Lipinski definition) is 0. The molecule has 0 saturated heterocycles. The van der Waals surface area contributed by atoms with Crippen LogP contribution in [-0.4, -0.2) is 9.72 Å². The van der Waals surface area contributed by atoms with Crippen LogP contribution < -0.4 is 5.76 Å². The van der Waals surface area contributed by atoms with Crippen molar-refractivity contribution in [3.8, 4) is 6.07 Å². The minimum Gasteiger partial charge on any atom is -0.296 e. The summed E-state index contributed by atoms with van der Waals surface area (Å²) in [7, 11) is 0. The number of hydrogen-bond acceptors (Lipinski definition) is 4. The second kappa shape index (κ2) is 6.28. The number of aromatic nitrogens is 2. The van der Waals surface area contributed by atoms with Gasteiger partial charge in [0.05, 0.1) is 18.2 Å². The standard InChI is InChI=1S/C17H12FN3O2/c18-15-6-4-12(5-7-15)9-16-20-23-17(22)21(16)11-14-3-1-2-13(8-14)10-19/h1-8H,9,11H2. The van der Waals surface area contributed by atoms with Gasteiger partial charge in [0, 0.05) is 6.42 Å². The van der Waals surface area contributed by atoms with E-state index in [4.69, 9.17) is 9.78 Å². The van der Waals surface area contributed by atoms with E-state index in [1.54, 1.807) is 30.3 Å². The fourth-order valence-electron chi connectivity index (χ4n) is 2.29. The lowest BCUT2D eigenvalue weighted by Gasteiger charge is -2.05. The third kappa shape index (κ3) is 3.35. The van der Waals surface area contributed by atoms with Crippen LogP contribution >= 0.6 is 0 Å². The quantitative estimate of drug-likeness (QED) is 0.742. The smallest absolute Gasteiger partial charge is 0.296 e. The highest BCUT2D eigenvalue weighted by atomic mass is 19.1. The molecule has 3 aromatic rings. The van der Waals surface area contributed by atoms with Crippen LogP contribution in [-0.2, 0) is 13.0 Å². The Balaban J connectivity index is 1.88. The van der Waals surface area contributed by atoms with Crippen LogP contribution in [0, 0.1) is 17.1 Å². The van der Waals surface area contributed by atoms with E-state index < -0.39 is 5.76 Å². The van der Waals surface area contributed by atoms with Crippen molar-refractivity contribution in [3.05, 3.63) is 87.4 Å². The zero-order chi connectivity index (χ0) is 16.2. The lowest BCUT2D eigenvalue weighted by Crippen LogP contribution is -2.18. The van der Waals surface area contributed by atoms with Gasteiger partial charge in [-0.05, 0) is 35.4 Å². The first-order valence-electron chi connectivity index (χ1n) is 6.94. The van der Waals surface area contributed by atoms with Gasteiger partial charge in [-0.15, -0.1) is 0 Å². The predicted molar refractivity (Wildman–Crippen MR) is 80.2 cm³/mol. The highest BCUT2D eigenvalue weighted by molar-refractivity contribution is 5.33. The Bertz CT molecular complexity index is 920. The van der Waals surface area contributed by atoms with E-state index in [2.05, 4.69) is 11.2 Å². The van der Waals surface area contributed by atoms with Gasteiger partial charge in [-0.2, -0.15) is 5.26 Å². The fourth-order valence-corrected chi connectivity index (χ4v) is 2.29. The maximum absolute atomic E-state index is 13.0. The molecule has 0 aliphatic heterocycles. The minimum atomic E-state index is -0.565. The predicted octanol–water partition coefficient (Wildman–Crippen LogP) is 2.49. The van der Waals surface area contributed by atoms with Crippen molar-refractivity contribution in [1.82, 2.24) is 9.72 Å². The van der Waals surface area contributed by atoms with Gasteiger partial charge in [0.2, 0.25) is 0 Å². The molecule has 0 aliphatic carbocycles. The summed E-state index contributed by atoms with van der Waals surface area (Å²) in [5.41, 5.74) is 2.14. The lowest BCUT2D eigenvalue weighted by atomic mass is 10.1. The molecule has 0 unspecified atom stereocenters. The Kier molecular flexibility index (Phi) is 4.02. The molecule has 5 nitrogen and oxygen atoms in total. The summed E-state index contributed by atoms with van der Waals surface area (Å²) >= 11 is 0. The molecular formula is C17H12FN3O2. The maximum atomic E-state index is 13.0. The zero-order valence-corrected chi connectivity index (χ0v) is 12.1. The monoisotopic (exact) mass is 309 g/mol. The molecule has 0 bridgehead atoms. The average Bonchev–Trinajstić information content (AvgIpc) is 2.90. The van der Waals surface area contributed by atoms with Gasteiger partial charge in [-0.1, -0.05) is 29.4 Å². The zero-order valence-electron chi connectivity index (χ0n) is 12.1. The highest BCUT2D eigenvalue weighted by Gasteiger charge is 2.12. The SMILES string of the molecule is N#Cc1cccc(Cn2c(Cc3ccc(F)cc3)noc2=O)c1. The molecule has 23 heavy (non-hydrogen) atoms. The van der Waals surface area contributed by atoms with E-state index in [0.717, 1.165) is 11.1 Å². The molecule has 0 spiro atoms. The van der Waals surface area contributed by atoms with E-state index in [1.165, 1.54) is 16.7 Å². The molecule has 2 aromatic carbocycles. The number of rotatable bonds is 4. The topological polar surface area (TPSA) is 71.8 Å². The summed E-state index contributed by atoms with van der Waals surface area (Å²) in [5.74, 6) is -0.437. The van der Waals surface area contributed by atoms with Crippen LogP contribution in [0.1, 0.15) is 22.5 Å². The molecular weight excluding hydrogens is 297 g/mol. The van der Waals surface area contributed by atoms with Gasteiger partial charge in [0.25, 0.3) is 0 Å². The van der Waals surface area contributed by atoms with E-state index >= 15 is 0 Å². The van der Waals surface area contributed by atoms with Crippen molar-refractivity contribution in [2.75, 3.05) is 0 Å². The Morgan fingerprint density at radius 2 is 1.96 bits per heavy atom. The van der Waals surface area contributed by atoms with Gasteiger partial charge in [-0.25, -0.2) is 9.18 Å². The van der Waals surface area contributed by atoms with Gasteiger partial charge in [0.1, 0.15) is 5.82 Å². The van der Waals surface area contributed by atoms with Crippen molar-refractivity contribution >= 4 is 0 Å². The first-order chi connectivity index (χ1) is 11.2. The van der Waals surface area contributed by atoms with Crippen molar-refractivity contribution in [3.63, 3.8) is 0 Å². The third-order valence-corrected chi connectivity index (χ3v) is 3.43. The molecule has 0 fully saturated rings. The van der Waals surface area contributed by atoms with E-state index in [0.29, 0.717) is 17.8 Å². The molecule has 0 atom stereocenters. The van der Waals surface area contributed by atoms with Crippen LogP contribution in [0.15, 0.2) is 57.8 Å². The number of halogens is 1. The second-order valence-electron chi connectivity index (χ2n) is 5.07. The number of benzene rings is 2. The molecule has 0 saturated carbocycles. The Labute approximate surface area is 131 Å². The maximum Gasteiger partial charge on any atom is 0.441 e. The number of nitriles is 1. The molecule has 6 heteroatoms. The molecule has 114 valence electrons. The van der Waals surface area contributed by atoms with E-state index in [9.17, 15) is 9.18 Å². The second-order valence-corrected chi connectivity index (χ2v) is 5.07. The minimum absolute atomic E-state index is 0.258. The van der Waals surface area contributed by atoms with Crippen LogP contribution in [0.4, 0.5) is 4.39 Å². The van der Waals surface area contributed by atoms with Crippen molar-refractivity contribution in [2.24, 2.45) is 0 Å². The summed E-state index contributed by atoms with van der Waals surface area (Å²) in [6.45, 7) is 0.258. The fraction of sp³-hybridized carbons (Fsp3) is 0.118. The summed E-state index contributed by atoms with van der Waals surface area (Å²) in [5, 5.41) is 12.7. The van der Waals surface area contributed by atoms with Gasteiger partial charge < -0.3 is 0 Å². The van der Waals surface area contributed by atoms with Gasteiger partial charge in [0.15, 0.2) is 5.82 Å². The molecule has 1 aromatic heterocycles. The molecule has 0 N–H and O–H groups in total. The summed E-state index contributed by atoms with van der Waals surface area (Å²) in [4.78, 5) is 11.9. The summed E-state index contributed by atoms with van der Waals surface area (Å²) < 4.78 is 19.1. The Hall–Kier alpha value is -3.20. The van der Waals surface area contributed by atoms with Gasteiger partial charge in [-0.3, -0.25) is 9.09 Å². The lowest BCUT2D eigenvalue weighted by molar-refractivity contribution is 0.375. The number of nitrogens with zero attached hydrogens (tertiary/aromatic N) is 3. The van der Waals surface area contributed by atoms with Crippen LogP contribution in [0.25, 0.3) is 0 Å². The normalized spacial score (nSPS) is 10.4. The summed E-state index contributed by atoms with van der Waals surface area (Å²) in [6.07, 6.45) is 0.351. The molecule has 0 amide bonds. The summed E-state index contributed by atoms with van der Waals surface area (Å²) in [6, 6.07) is 15.0. The Morgan fingerprint density at radius 3 is 2.70 bits per heavy atom. The molecule has 1 heterocycles. The van der Waals surface area contributed by atoms with Crippen molar-refractivity contribution < 1.29 is 8.91 Å². The molecule has 3 rings (SSSR count). The van der Waals surface area contributed by atoms with Crippen LogP contribution in [0.3, 0.4) is 0 Å². The third-order valence-electron chi connectivity index (χ3n) is 3.43. The Morgan fingerprint density at radius 1 is 1.17 bits per heavy atom. The van der Waals surface area contributed by atoms with Crippen LogP contribution in [0.2, 0.25) is 0 Å². The van der Waals surface area contributed by atoms with Crippen molar-refractivity contribution in [1.29, 1.82) is 5.26 Å². The molecule has 0 radical (unpaired) electrons. The van der Waals surface area contributed by atoms with Crippen molar-refractivity contribution in [2.45, 2.75) is 13.0 Å². The average molecular weight is 309 g/mol. The first kappa shape index (κ1) is 14.7. The highest BCUT2D eigenvalue weighted by Crippen LogP contribution is 2.11. The van der Waals surface area contributed by atoms with Gasteiger partial charge >= 0.3 is 5.76 Å². The first-order valence-corrected chi connectivity index (χ1v) is 6.94. The largest absolute Gasteiger partial charge is 0.441 e. The van der Waals surface area contributed by atoms with Crippen LogP contribution in [0.5, 0.6) is 0 Å². The van der Waals surface area contributed by atoms with E-state index in [1.807, 2.05) is 6.07 Å². The van der Waals surface area contributed by atoms with E-state index in [-0.39, 0.29) is 12.4 Å².